The van der Waals surface area contributed by atoms with Crippen molar-refractivity contribution in [2.75, 3.05) is 6.54 Å². The maximum absolute atomic E-state index is 10.8. The van der Waals surface area contributed by atoms with E-state index in [4.69, 9.17) is 0 Å². The van der Waals surface area contributed by atoms with Crippen molar-refractivity contribution in [3.05, 3.63) is 0 Å². The lowest BCUT2D eigenvalue weighted by molar-refractivity contribution is -0.120. The molecular formula is C9H19NO. The maximum atomic E-state index is 10.8. The van der Waals surface area contributed by atoms with Gasteiger partial charge in [-0.25, -0.2) is 0 Å². The fourth-order valence-electron chi connectivity index (χ4n) is 0.603. The molecule has 0 fully saturated rings. The molecule has 0 spiro atoms. The minimum Gasteiger partial charge on any atom is -0.311 e. The highest BCUT2D eigenvalue weighted by molar-refractivity contribution is 5.78. The predicted octanol–water partition coefficient (Wildman–Crippen LogP) is 1.60. The third kappa shape index (κ3) is 6.05. The van der Waals surface area contributed by atoms with Gasteiger partial charge in [0, 0.05) is 18.0 Å². The summed E-state index contributed by atoms with van der Waals surface area (Å²) in [6, 6.07) is 0. The van der Waals surface area contributed by atoms with Crippen LogP contribution in [0.4, 0.5) is 0 Å². The molecule has 0 saturated heterocycles. The molecule has 0 rings (SSSR count). The monoisotopic (exact) mass is 157 g/mol. The molecule has 11 heavy (non-hydrogen) atoms. The average molecular weight is 157 g/mol. The highest BCUT2D eigenvalue weighted by atomic mass is 16.1. The number of rotatable bonds is 3. The zero-order chi connectivity index (χ0) is 9.07. The second kappa shape index (κ2) is 3.86. The number of hydrogen-bond donors (Lipinski definition) is 1. The Balaban J connectivity index is 3.63. The van der Waals surface area contributed by atoms with Crippen molar-refractivity contribution in [2.45, 2.75) is 40.2 Å². The molecule has 0 radical (unpaired) electrons. The standard InChI is InChI=1S/C9H19NO/c1-7(8(2)11)6-10-9(3,4)5/h7,10H,6H2,1-5H3/t7-/m1/s1. The molecule has 0 bridgehead atoms. The topological polar surface area (TPSA) is 29.1 Å². The van der Waals surface area contributed by atoms with Crippen LogP contribution in [-0.2, 0) is 4.79 Å². The largest absolute Gasteiger partial charge is 0.311 e. The van der Waals surface area contributed by atoms with E-state index in [1.54, 1.807) is 6.92 Å². The van der Waals surface area contributed by atoms with Crippen molar-refractivity contribution in [2.24, 2.45) is 5.92 Å². The summed E-state index contributed by atoms with van der Waals surface area (Å²) in [5.74, 6) is 0.385. The number of ketones is 1. The molecule has 2 nitrogen and oxygen atoms in total. The minimum atomic E-state index is 0.115. The lowest BCUT2D eigenvalue weighted by atomic mass is 10.0. The first-order chi connectivity index (χ1) is 4.83. The second-order valence-electron chi connectivity index (χ2n) is 4.14. The van der Waals surface area contributed by atoms with Gasteiger partial charge in [0.1, 0.15) is 5.78 Å². The van der Waals surface area contributed by atoms with Gasteiger partial charge in [0.2, 0.25) is 0 Å². The third-order valence-corrected chi connectivity index (χ3v) is 1.63. The molecular weight excluding hydrogens is 138 g/mol. The van der Waals surface area contributed by atoms with Crippen LogP contribution in [0.3, 0.4) is 0 Å². The number of carbonyl (C=O) groups is 1. The molecule has 0 amide bonds. The Morgan fingerprint density at radius 1 is 1.45 bits per heavy atom. The molecule has 1 N–H and O–H groups in total. The second-order valence-corrected chi connectivity index (χ2v) is 4.14. The summed E-state index contributed by atoms with van der Waals surface area (Å²) in [5.41, 5.74) is 0.115. The quantitative estimate of drug-likeness (QED) is 0.674. The summed E-state index contributed by atoms with van der Waals surface area (Å²) < 4.78 is 0. The van der Waals surface area contributed by atoms with Crippen molar-refractivity contribution in [1.29, 1.82) is 0 Å². The summed E-state index contributed by atoms with van der Waals surface area (Å²) in [7, 11) is 0. The molecule has 2 heteroatoms. The van der Waals surface area contributed by atoms with Gasteiger partial charge in [0.15, 0.2) is 0 Å². The van der Waals surface area contributed by atoms with Crippen LogP contribution >= 0.6 is 0 Å². The van der Waals surface area contributed by atoms with E-state index < -0.39 is 0 Å². The van der Waals surface area contributed by atoms with Crippen molar-refractivity contribution >= 4 is 5.78 Å². The van der Waals surface area contributed by atoms with Crippen LogP contribution in [-0.4, -0.2) is 17.9 Å². The van der Waals surface area contributed by atoms with Crippen molar-refractivity contribution in [1.82, 2.24) is 5.32 Å². The highest BCUT2D eigenvalue weighted by Gasteiger charge is 2.12. The van der Waals surface area contributed by atoms with E-state index in [2.05, 4.69) is 26.1 Å². The van der Waals surface area contributed by atoms with E-state index >= 15 is 0 Å². The zero-order valence-corrected chi connectivity index (χ0v) is 8.19. The normalized spacial score (nSPS) is 14.6. The number of nitrogens with one attached hydrogen (secondary N) is 1. The predicted molar refractivity (Wildman–Crippen MR) is 47.6 cm³/mol. The molecule has 66 valence electrons. The van der Waals surface area contributed by atoms with Crippen molar-refractivity contribution < 1.29 is 4.79 Å². The van der Waals surface area contributed by atoms with Gasteiger partial charge >= 0.3 is 0 Å². The van der Waals surface area contributed by atoms with Crippen molar-refractivity contribution in [3.8, 4) is 0 Å². The first kappa shape index (κ1) is 10.6. The van der Waals surface area contributed by atoms with Gasteiger partial charge in [-0.15, -0.1) is 0 Å². The molecule has 0 aliphatic carbocycles. The highest BCUT2D eigenvalue weighted by Crippen LogP contribution is 2.01. The fourth-order valence-corrected chi connectivity index (χ4v) is 0.603. The number of hydrogen-bond acceptors (Lipinski definition) is 2. The first-order valence-corrected chi connectivity index (χ1v) is 4.08. The number of Topliss-reactive ketones (excluding diaryl/α,β-unsaturated/α-hetero) is 1. The zero-order valence-electron chi connectivity index (χ0n) is 8.19. The first-order valence-electron chi connectivity index (χ1n) is 4.08. The molecule has 0 heterocycles. The Labute approximate surface area is 69.4 Å². The Hall–Kier alpha value is -0.370. The molecule has 0 aliphatic heterocycles. The van der Waals surface area contributed by atoms with E-state index in [9.17, 15) is 4.79 Å². The molecule has 0 aromatic rings. The summed E-state index contributed by atoms with van der Waals surface area (Å²) in [6.45, 7) is 10.6. The van der Waals surface area contributed by atoms with Gasteiger partial charge < -0.3 is 5.32 Å². The molecule has 0 aromatic heterocycles. The number of carbonyl (C=O) groups excluding carboxylic acids is 1. The van der Waals surface area contributed by atoms with E-state index in [1.165, 1.54) is 0 Å². The van der Waals surface area contributed by atoms with Crippen LogP contribution in [0.15, 0.2) is 0 Å². The average Bonchev–Trinajstić information content (AvgIpc) is 1.80. The SMILES string of the molecule is CC(=O)[C@H](C)CNC(C)(C)C. The van der Waals surface area contributed by atoms with Gasteiger partial charge in [0.05, 0.1) is 0 Å². The Morgan fingerprint density at radius 3 is 2.18 bits per heavy atom. The molecule has 0 saturated carbocycles. The van der Waals surface area contributed by atoms with E-state index in [1.807, 2.05) is 6.92 Å². The molecule has 1 atom stereocenters. The van der Waals surface area contributed by atoms with E-state index in [-0.39, 0.29) is 17.2 Å². The summed E-state index contributed by atoms with van der Waals surface area (Å²) in [6.07, 6.45) is 0. The molecule has 0 aliphatic rings. The van der Waals surface area contributed by atoms with Crippen molar-refractivity contribution in [3.63, 3.8) is 0 Å². The Bertz CT molecular complexity index is 135. The lowest BCUT2D eigenvalue weighted by Crippen LogP contribution is -2.39. The minimum absolute atomic E-state index is 0.115. The van der Waals surface area contributed by atoms with Crippen LogP contribution in [0.1, 0.15) is 34.6 Å². The third-order valence-electron chi connectivity index (χ3n) is 1.63. The van der Waals surface area contributed by atoms with Gasteiger partial charge in [0.25, 0.3) is 0 Å². The van der Waals surface area contributed by atoms with Crippen LogP contribution in [0.25, 0.3) is 0 Å². The lowest BCUT2D eigenvalue weighted by Gasteiger charge is -2.22. The van der Waals surface area contributed by atoms with Gasteiger partial charge in [-0.05, 0) is 27.7 Å². The smallest absolute Gasteiger partial charge is 0.133 e. The maximum Gasteiger partial charge on any atom is 0.133 e. The van der Waals surface area contributed by atoms with Crippen LogP contribution in [0.5, 0.6) is 0 Å². The van der Waals surface area contributed by atoms with Gasteiger partial charge in [-0.2, -0.15) is 0 Å². The van der Waals surface area contributed by atoms with E-state index in [0.29, 0.717) is 0 Å². The van der Waals surface area contributed by atoms with Crippen LogP contribution in [0, 0.1) is 5.92 Å². The van der Waals surface area contributed by atoms with Crippen LogP contribution < -0.4 is 5.32 Å². The van der Waals surface area contributed by atoms with Gasteiger partial charge in [-0.3, -0.25) is 4.79 Å². The summed E-state index contributed by atoms with van der Waals surface area (Å²) in [5, 5.41) is 3.28. The Morgan fingerprint density at radius 2 is 1.91 bits per heavy atom. The van der Waals surface area contributed by atoms with E-state index in [0.717, 1.165) is 6.54 Å². The van der Waals surface area contributed by atoms with Crippen LogP contribution in [0.2, 0.25) is 0 Å². The summed E-state index contributed by atoms with van der Waals surface area (Å²) in [4.78, 5) is 10.8. The van der Waals surface area contributed by atoms with Gasteiger partial charge in [-0.1, -0.05) is 6.92 Å². The Kier molecular flexibility index (Phi) is 3.73. The fraction of sp³-hybridized carbons (Fsp3) is 0.889. The summed E-state index contributed by atoms with van der Waals surface area (Å²) >= 11 is 0. The molecule has 0 unspecified atom stereocenters. The molecule has 0 aromatic carbocycles.